The van der Waals surface area contributed by atoms with Crippen molar-refractivity contribution in [3.63, 3.8) is 0 Å². The molecule has 0 atom stereocenters. The van der Waals surface area contributed by atoms with Crippen molar-refractivity contribution in [1.29, 1.82) is 5.26 Å². The van der Waals surface area contributed by atoms with E-state index < -0.39 is 5.41 Å². The lowest BCUT2D eigenvalue weighted by Gasteiger charge is -2.27. The van der Waals surface area contributed by atoms with Crippen molar-refractivity contribution in [2.75, 3.05) is 18.3 Å². The van der Waals surface area contributed by atoms with Crippen molar-refractivity contribution in [2.45, 2.75) is 11.8 Å². The molecule has 0 aliphatic rings. The molecule has 0 amide bonds. The second kappa shape index (κ2) is 6.63. The number of hydrogen-bond acceptors (Lipinski definition) is 1. The molecule has 0 aliphatic carbocycles. The minimum absolute atomic E-state index is 0.338. The van der Waals surface area contributed by atoms with Crippen molar-refractivity contribution in [3.05, 3.63) is 71.8 Å². The number of benzene rings is 2. The SMILES string of the molecule is C[S+](C)CCC(C#N)(c1ccccc1)c1ccccc1. The van der Waals surface area contributed by atoms with Gasteiger partial charge in [-0.1, -0.05) is 60.7 Å². The van der Waals surface area contributed by atoms with E-state index >= 15 is 0 Å². The monoisotopic (exact) mass is 282 g/mol. The van der Waals surface area contributed by atoms with Crippen LogP contribution in [-0.4, -0.2) is 18.3 Å². The third-order valence-corrected chi connectivity index (χ3v) is 4.63. The standard InChI is InChI=1S/C18H20NS/c1-20(2)14-13-18(15-19,16-9-5-3-6-10-16)17-11-7-4-8-12-17/h3-12H,13-14H2,1-2H3/q+1. The predicted molar refractivity (Wildman–Crippen MR) is 88.0 cm³/mol. The van der Waals surface area contributed by atoms with Crippen LogP contribution in [0.15, 0.2) is 60.7 Å². The van der Waals surface area contributed by atoms with Gasteiger partial charge in [-0.25, -0.2) is 0 Å². The Kier molecular flexibility index (Phi) is 4.87. The van der Waals surface area contributed by atoms with Gasteiger partial charge in [0, 0.05) is 6.42 Å². The Morgan fingerprint density at radius 1 is 0.900 bits per heavy atom. The fraction of sp³-hybridized carbons (Fsp3) is 0.278. The fourth-order valence-electron chi connectivity index (χ4n) is 2.44. The summed E-state index contributed by atoms with van der Waals surface area (Å²) >= 11 is 0. The van der Waals surface area contributed by atoms with Gasteiger partial charge in [-0.2, -0.15) is 5.26 Å². The van der Waals surface area contributed by atoms with Gasteiger partial charge >= 0.3 is 0 Å². The Hall–Kier alpha value is -1.72. The average molecular weight is 282 g/mol. The lowest BCUT2D eigenvalue weighted by Crippen LogP contribution is -2.28. The van der Waals surface area contributed by atoms with Crippen LogP contribution in [-0.2, 0) is 16.3 Å². The van der Waals surface area contributed by atoms with Crippen LogP contribution in [0.1, 0.15) is 17.5 Å². The first kappa shape index (κ1) is 14.7. The molecule has 2 heteroatoms. The van der Waals surface area contributed by atoms with E-state index in [1.54, 1.807) is 0 Å². The van der Waals surface area contributed by atoms with Crippen LogP contribution in [0.2, 0.25) is 0 Å². The molecule has 20 heavy (non-hydrogen) atoms. The molecule has 0 aliphatic heterocycles. The summed E-state index contributed by atoms with van der Waals surface area (Å²) in [6.07, 6.45) is 5.34. The van der Waals surface area contributed by atoms with Crippen molar-refractivity contribution < 1.29 is 0 Å². The van der Waals surface area contributed by atoms with E-state index in [9.17, 15) is 5.26 Å². The molecule has 0 bridgehead atoms. The maximum absolute atomic E-state index is 9.95. The first-order chi connectivity index (χ1) is 9.69. The van der Waals surface area contributed by atoms with Crippen molar-refractivity contribution in [2.24, 2.45) is 0 Å². The number of nitrogens with zero attached hydrogens (tertiary/aromatic N) is 1. The topological polar surface area (TPSA) is 23.8 Å². The summed E-state index contributed by atoms with van der Waals surface area (Å²) < 4.78 is 0. The highest BCUT2D eigenvalue weighted by Gasteiger charge is 2.35. The molecule has 0 radical (unpaired) electrons. The average Bonchev–Trinajstić information content (AvgIpc) is 2.50. The summed E-state index contributed by atoms with van der Waals surface area (Å²) in [7, 11) is 0.338. The van der Waals surface area contributed by atoms with Crippen LogP contribution in [0.25, 0.3) is 0 Å². The van der Waals surface area contributed by atoms with E-state index in [0.29, 0.717) is 10.9 Å². The highest BCUT2D eigenvalue weighted by molar-refractivity contribution is 7.95. The third kappa shape index (κ3) is 3.05. The lowest BCUT2D eigenvalue weighted by atomic mass is 9.74. The molecular formula is C18H20NS+. The Morgan fingerprint density at radius 3 is 1.70 bits per heavy atom. The van der Waals surface area contributed by atoms with E-state index in [2.05, 4.69) is 42.8 Å². The first-order valence-corrected chi connectivity index (χ1v) is 8.96. The van der Waals surface area contributed by atoms with Crippen molar-refractivity contribution in [1.82, 2.24) is 0 Å². The first-order valence-electron chi connectivity index (χ1n) is 6.75. The molecular weight excluding hydrogens is 262 g/mol. The maximum atomic E-state index is 9.95. The van der Waals surface area contributed by atoms with Crippen LogP contribution in [0.4, 0.5) is 0 Å². The lowest BCUT2D eigenvalue weighted by molar-refractivity contribution is 0.637. The van der Waals surface area contributed by atoms with Gasteiger partial charge in [-0.15, -0.1) is 0 Å². The molecule has 2 aromatic carbocycles. The van der Waals surface area contributed by atoms with E-state index in [-0.39, 0.29) is 0 Å². The number of rotatable bonds is 5. The molecule has 0 saturated carbocycles. The normalized spacial score (nSPS) is 11.3. The minimum Gasteiger partial charge on any atom is -0.197 e. The van der Waals surface area contributed by atoms with Gasteiger partial charge in [0.25, 0.3) is 0 Å². The Labute approximate surface area is 124 Å². The molecule has 102 valence electrons. The molecule has 2 rings (SSSR count). The van der Waals surface area contributed by atoms with Crippen LogP contribution in [0.5, 0.6) is 0 Å². The maximum Gasteiger partial charge on any atom is 0.112 e. The van der Waals surface area contributed by atoms with Crippen LogP contribution >= 0.6 is 0 Å². The van der Waals surface area contributed by atoms with Crippen molar-refractivity contribution in [3.8, 4) is 6.07 Å². The molecule has 0 N–H and O–H groups in total. The van der Waals surface area contributed by atoms with E-state index in [4.69, 9.17) is 0 Å². The summed E-state index contributed by atoms with van der Waals surface area (Å²) in [5.74, 6) is 1.07. The smallest absolute Gasteiger partial charge is 0.112 e. The molecule has 0 spiro atoms. The zero-order valence-electron chi connectivity index (χ0n) is 12.0. The Bertz CT molecular complexity index is 530. The molecule has 0 unspecified atom stereocenters. The van der Waals surface area contributed by atoms with Gasteiger partial charge < -0.3 is 0 Å². The number of hydrogen-bond donors (Lipinski definition) is 0. The predicted octanol–water partition coefficient (Wildman–Crippen LogP) is 3.76. The molecule has 0 heterocycles. The third-order valence-electron chi connectivity index (χ3n) is 3.61. The van der Waals surface area contributed by atoms with Crippen LogP contribution in [0, 0.1) is 11.3 Å². The minimum atomic E-state index is -0.528. The highest BCUT2D eigenvalue weighted by atomic mass is 32.2. The van der Waals surface area contributed by atoms with E-state index in [1.165, 1.54) is 0 Å². The van der Waals surface area contributed by atoms with Crippen LogP contribution < -0.4 is 0 Å². The second-order valence-corrected chi connectivity index (χ2v) is 7.57. The van der Waals surface area contributed by atoms with Gasteiger partial charge in [0.2, 0.25) is 0 Å². The largest absolute Gasteiger partial charge is 0.197 e. The Morgan fingerprint density at radius 2 is 1.35 bits per heavy atom. The van der Waals surface area contributed by atoms with Gasteiger partial charge in [-0.05, 0) is 22.0 Å². The van der Waals surface area contributed by atoms with Crippen molar-refractivity contribution >= 4 is 10.9 Å². The molecule has 2 aromatic rings. The van der Waals surface area contributed by atoms with Gasteiger partial charge in [0.1, 0.15) is 11.2 Å². The van der Waals surface area contributed by atoms with E-state index in [0.717, 1.165) is 23.3 Å². The quantitative estimate of drug-likeness (QED) is 0.766. The molecule has 0 aromatic heterocycles. The van der Waals surface area contributed by atoms with E-state index in [1.807, 2.05) is 36.4 Å². The van der Waals surface area contributed by atoms with Gasteiger partial charge in [0.05, 0.1) is 18.6 Å². The summed E-state index contributed by atoms with van der Waals surface area (Å²) in [6, 6.07) is 22.9. The van der Waals surface area contributed by atoms with Gasteiger partial charge in [-0.3, -0.25) is 0 Å². The number of nitriles is 1. The summed E-state index contributed by atoms with van der Waals surface area (Å²) in [5.41, 5.74) is 1.66. The van der Waals surface area contributed by atoms with Gasteiger partial charge in [0.15, 0.2) is 0 Å². The molecule has 0 fully saturated rings. The Balaban J connectivity index is 2.50. The second-order valence-electron chi connectivity index (χ2n) is 5.19. The zero-order valence-corrected chi connectivity index (χ0v) is 12.9. The summed E-state index contributed by atoms with van der Waals surface area (Å²) in [6.45, 7) is 0. The zero-order chi connectivity index (χ0) is 14.4. The highest BCUT2D eigenvalue weighted by Crippen LogP contribution is 2.35. The molecule has 0 saturated heterocycles. The summed E-state index contributed by atoms with van der Waals surface area (Å²) in [4.78, 5) is 0. The molecule has 1 nitrogen and oxygen atoms in total. The summed E-state index contributed by atoms with van der Waals surface area (Å²) in [5, 5.41) is 9.95. The van der Waals surface area contributed by atoms with Crippen LogP contribution in [0.3, 0.4) is 0 Å². The fourth-order valence-corrected chi connectivity index (χ4v) is 3.16.